The summed E-state index contributed by atoms with van der Waals surface area (Å²) < 4.78 is 28.8. The Kier molecular flexibility index (Phi) is 13.0. The van der Waals surface area contributed by atoms with Gasteiger partial charge in [0.05, 0.1) is 5.75 Å². The van der Waals surface area contributed by atoms with Crippen LogP contribution in [0.2, 0.25) is 0 Å². The van der Waals surface area contributed by atoms with Gasteiger partial charge in [-0.25, -0.2) is 0 Å². The third-order valence-corrected chi connectivity index (χ3v) is 6.57. The molecule has 144 valence electrons. The Bertz CT molecular complexity index is 515. The third-order valence-electron chi connectivity index (χ3n) is 4.09. The molecule has 0 spiro atoms. The van der Waals surface area contributed by atoms with Gasteiger partial charge >= 0.3 is 10.1 Å². The molecule has 5 heteroatoms. The fourth-order valence-corrected chi connectivity index (χ4v) is 5.01. The van der Waals surface area contributed by atoms with Gasteiger partial charge in [-0.3, -0.25) is 0 Å². The van der Waals surface area contributed by atoms with Crippen molar-refractivity contribution >= 4 is 21.9 Å². The minimum atomic E-state index is -3.47. The van der Waals surface area contributed by atoms with Gasteiger partial charge in [0.2, 0.25) is 0 Å². The second kappa shape index (κ2) is 14.5. The van der Waals surface area contributed by atoms with Crippen molar-refractivity contribution in [1.82, 2.24) is 0 Å². The first-order valence-corrected chi connectivity index (χ1v) is 12.4. The van der Waals surface area contributed by atoms with E-state index in [9.17, 15) is 8.42 Å². The molecule has 1 aromatic rings. The Balaban J connectivity index is 1.91. The second-order valence-electron chi connectivity index (χ2n) is 6.45. The van der Waals surface area contributed by atoms with Crippen molar-refractivity contribution in [2.45, 2.75) is 71.1 Å². The highest BCUT2D eigenvalue weighted by Gasteiger charge is 2.12. The Hall–Kier alpha value is -0.680. The molecular formula is C20H34O3S2. The van der Waals surface area contributed by atoms with Crippen LogP contribution in [0.4, 0.5) is 0 Å². The van der Waals surface area contributed by atoms with E-state index in [1.54, 1.807) is 36.0 Å². The molecule has 0 heterocycles. The Morgan fingerprint density at radius 2 is 1.36 bits per heavy atom. The van der Waals surface area contributed by atoms with Crippen LogP contribution in [-0.4, -0.2) is 25.7 Å². The first-order valence-electron chi connectivity index (χ1n) is 9.69. The third kappa shape index (κ3) is 13.2. The highest BCUT2D eigenvalue weighted by molar-refractivity contribution is 8.00. The van der Waals surface area contributed by atoms with Gasteiger partial charge < -0.3 is 4.18 Å². The van der Waals surface area contributed by atoms with Gasteiger partial charge in [0.15, 0.2) is 0 Å². The Labute approximate surface area is 159 Å². The smallest absolute Gasteiger partial charge is 0.309 e. The quantitative estimate of drug-likeness (QED) is 0.256. The zero-order chi connectivity index (χ0) is 18.2. The van der Waals surface area contributed by atoms with Crippen molar-refractivity contribution in [2.75, 3.05) is 17.3 Å². The molecule has 1 rings (SSSR count). The van der Waals surface area contributed by atoms with Crippen molar-refractivity contribution in [1.29, 1.82) is 0 Å². The van der Waals surface area contributed by atoms with Gasteiger partial charge in [-0.1, -0.05) is 82.9 Å². The lowest BCUT2D eigenvalue weighted by Crippen LogP contribution is -2.15. The highest BCUT2D eigenvalue weighted by Crippen LogP contribution is 2.15. The molecular weight excluding hydrogens is 352 g/mol. The minimum Gasteiger partial charge on any atom is -0.382 e. The maximum atomic E-state index is 11.9. The van der Waals surface area contributed by atoms with E-state index in [0.29, 0.717) is 11.5 Å². The fraction of sp³-hybridized carbons (Fsp3) is 0.700. The van der Waals surface area contributed by atoms with Crippen LogP contribution < -0.4 is 4.18 Å². The average Bonchev–Trinajstić information content (AvgIpc) is 2.59. The van der Waals surface area contributed by atoms with Crippen LogP contribution in [0, 0.1) is 0 Å². The highest BCUT2D eigenvalue weighted by atomic mass is 32.2. The summed E-state index contributed by atoms with van der Waals surface area (Å²) in [5, 5.41) is 0. The fourth-order valence-electron chi connectivity index (χ4n) is 2.62. The van der Waals surface area contributed by atoms with E-state index in [-0.39, 0.29) is 5.75 Å². The minimum absolute atomic E-state index is 0.0737. The van der Waals surface area contributed by atoms with E-state index in [2.05, 4.69) is 6.92 Å². The normalized spacial score (nSPS) is 11.6. The topological polar surface area (TPSA) is 43.4 Å². The lowest BCUT2D eigenvalue weighted by molar-refractivity contribution is 0.488. The largest absolute Gasteiger partial charge is 0.382 e. The van der Waals surface area contributed by atoms with Crippen molar-refractivity contribution < 1.29 is 12.6 Å². The lowest BCUT2D eigenvalue weighted by atomic mass is 10.1. The molecule has 0 amide bonds. The van der Waals surface area contributed by atoms with E-state index in [0.717, 1.165) is 5.75 Å². The molecule has 3 nitrogen and oxygen atoms in total. The molecule has 0 saturated carbocycles. The van der Waals surface area contributed by atoms with Crippen LogP contribution >= 0.6 is 11.8 Å². The number of benzene rings is 1. The van der Waals surface area contributed by atoms with Crippen molar-refractivity contribution in [3.8, 4) is 5.75 Å². The number of unbranched alkanes of at least 4 members (excludes halogenated alkanes) is 9. The van der Waals surface area contributed by atoms with Crippen LogP contribution in [0.1, 0.15) is 71.1 Å². The van der Waals surface area contributed by atoms with Gasteiger partial charge in [0, 0.05) is 5.75 Å². The van der Waals surface area contributed by atoms with Gasteiger partial charge in [-0.05, 0) is 24.3 Å². The summed E-state index contributed by atoms with van der Waals surface area (Å²) in [5.41, 5.74) is 0. The summed E-state index contributed by atoms with van der Waals surface area (Å²) in [6.45, 7) is 2.25. The predicted octanol–water partition coefficient (Wildman–Crippen LogP) is 6.05. The number of para-hydroxylation sites is 1. The summed E-state index contributed by atoms with van der Waals surface area (Å²) in [6, 6.07) is 8.69. The predicted molar refractivity (Wildman–Crippen MR) is 110 cm³/mol. The molecule has 0 bridgehead atoms. The van der Waals surface area contributed by atoms with E-state index in [1.165, 1.54) is 64.2 Å². The molecule has 0 aliphatic carbocycles. The van der Waals surface area contributed by atoms with Crippen molar-refractivity contribution in [3.63, 3.8) is 0 Å². The van der Waals surface area contributed by atoms with E-state index < -0.39 is 10.1 Å². The molecule has 0 N–H and O–H groups in total. The number of thioether (sulfide) groups is 1. The molecule has 0 atom stereocenters. The van der Waals surface area contributed by atoms with Crippen molar-refractivity contribution in [3.05, 3.63) is 30.3 Å². The molecule has 0 aromatic heterocycles. The molecule has 0 unspecified atom stereocenters. The zero-order valence-electron chi connectivity index (χ0n) is 15.6. The summed E-state index contributed by atoms with van der Waals surface area (Å²) in [5.74, 6) is 2.11. The first-order chi connectivity index (χ1) is 12.1. The summed E-state index contributed by atoms with van der Waals surface area (Å²) in [4.78, 5) is 0. The molecule has 0 aliphatic rings. The lowest BCUT2D eigenvalue weighted by Gasteiger charge is -2.06. The summed E-state index contributed by atoms with van der Waals surface area (Å²) in [7, 11) is -3.47. The standard InChI is InChI=1S/C20H34O3S2/c1-2-3-4-5-6-7-8-9-10-14-17-24-18-19-25(21,22)23-20-15-12-11-13-16-20/h11-13,15-16H,2-10,14,17-19H2,1H3. The maximum absolute atomic E-state index is 11.9. The van der Waals surface area contributed by atoms with Crippen LogP contribution in [0.15, 0.2) is 30.3 Å². The molecule has 0 radical (unpaired) electrons. The van der Waals surface area contributed by atoms with Crippen molar-refractivity contribution in [2.24, 2.45) is 0 Å². The Morgan fingerprint density at radius 1 is 0.800 bits per heavy atom. The van der Waals surface area contributed by atoms with Gasteiger partial charge in [0.1, 0.15) is 5.75 Å². The monoisotopic (exact) mass is 386 g/mol. The maximum Gasteiger partial charge on any atom is 0.309 e. The molecule has 0 fully saturated rings. The first kappa shape index (κ1) is 22.4. The summed E-state index contributed by atoms with van der Waals surface area (Å²) >= 11 is 1.71. The van der Waals surface area contributed by atoms with Gasteiger partial charge in [-0.15, -0.1) is 0 Å². The average molecular weight is 387 g/mol. The number of rotatable bonds is 16. The SMILES string of the molecule is CCCCCCCCCCCCSCCS(=O)(=O)Oc1ccccc1. The molecule has 25 heavy (non-hydrogen) atoms. The van der Waals surface area contributed by atoms with Crippen LogP contribution in [0.3, 0.4) is 0 Å². The molecule has 0 saturated heterocycles. The zero-order valence-corrected chi connectivity index (χ0v) is 17.3. The molecule has 1 aromatic carbocycles. The van der Waals surface area contributed by atoms with E-state index >= 15 is 0 Å². The van der Waals surface area contributed by atoms with E-state index in [1.807, 2.05) is 6.07 Å². The molecule has 0 aliphatic heterocycles. The second-order valence-corrected chi connectivity index (χ2v) is 9.37. The Morgan fingerprint density at radius 3 is 1.96 bits per heavy atom. The summed E-state index contributed by atoms with van der Waals surface area (Å²) in [6.07, 6.45) is 13.3. The van der Waals surface area contributed by atoms with Crippen LogP contribution in [0.25, 0.3) is 0 Å². The van der Waals surface area contributed by atoms with Crippen LogP contribution in [0.5, 0.6) is 5.75 Å². The van der Waals surface area contributed by atoms with Gasteiger partial charge in [-0.2, -0.15) is 20.2 Å². The van der Waals surface area contributed by atoms with Gasteiger partial charge in [0.25, 0.3) is 0 Å². The van der Waals surface area contributed by atoms with Crippen LogP contribution in [-0.2, 0) is 10.1 Å². The number of hydrogen-bond donors (Lipinski definition) is 0. The number of hydrogen-bond acceptors (Lipinski definition) is 4. The van der Waals surface area contributed by atoms with E-state index in [4.69, 9.17) is 4.18 Å².